The fourth-order valence-corrected chi connectivity index (χ4v) is 4.00. The Kier molecular flexibility index (Phi) is 6.60. The van der Waals surface area contributed by atoms with E-state index in [9.17, 15) is 4.79 Å². The summed E-state index contributed by atoms with van der Waals surface area (Å²) in [6.07, 6.45) is 6.91. The minimum Gasteiger partial charge on any atom is -0.381 e. The quantitative estimate of drug-likeness (QED) is 0.592. The van der Waals surface area contributed by atoms with E-state index in [2.05, 4.69) is 32.6 Å². The van der Waals surface area contributed by atoms with Crippen LogP contribution in [0, 0.1) is 6.92 Å². The second-order valence-corrected chi connectivity index (χ2v) is 9.51. The van der Waals surface area contributed by atoms with Gasteiger partial charge in [0.05, 0.1) is 22.8 Å². The lowest BCUT2D eigenvalue weighted by Crippen LogP contribution is -2.30. The molecule has 3 aromatic heterocycles. The average Bonchev–Trinajstić information content (AvgIpc) is 3.21. The van der Waals surface area contributed by atoms with Gasteiger partial charge < -0.3 is 15.4 Å². The summed E-state index contributed by atoms with van der Waals surface area (Å²) >= 11 is 0. The van der Waals surface area contributed by atoms with Crippen molar-refractivity contribution >= 4 is 22.6 Å². The van der Waals surface area contributed by atoms with Gasteiger partial charge in [-0.15, -0.1) is 0 Å². The number of nitrogens with zero attached hydrogens (tertiary/aromatic N) is 5. The number of aryl methyl sites for hydroxylation is 2. The highest BCUT2D eigenvalue weighted by atomic mass is 16.5. The summed E-state index contributed by atoms with van der Waals surface area (Å²) < 4.78 is 7.42. The van der Waals surface area contributed by atoms with Gasteiger partial charge >= 0.3 is 0 Å². The molecule has 0 bridgehead atoms. The van der Waals surface area contributed by atoms with Gasteiger partial charge in [0.1, 0.15) is 5.82 Å². The number of hydrogen-bond acceptors (Lipinski definition) is 7. The Morgan fingerprint density at radius 2 is 1.88 bits per heavy atom. The zero-order valence-electron chi connectivity index (χ0n) is 20.1. The van der Waals surface area contributed by atoms with E-state index in [1.54, 1.807) is 12.4 Å². The van der Waals surface area contributed by atoms with E-state index in [-0.39, 0.29) is 11.3 Å². The molecule has 0 unspecified atom stereocenters. The largest absolute Gasteiger partial charge is 0.381 e. The van der Waals surface area contributed by atoms with Gasteiger partial charge in [-0.3, -0.25) is 4.79 Å². The molecule has 0 aliphatic carbocycles. The number of pyridine rings is 1. The summed E-state index contributed by atoms with van der Waals surface area (Å²) in [6.45, 7) is 12.7. The zero-order chi connectivity index (χ0) is 23.6. The van der Waals surface area contributed by atoms with E-state index in [1.807, 2.05) is 38.6 Å². The van der Waals surface area contributed by atoms with Gasteiger partial charge in [-0.1, -0.05) is 20.8 Å². The van der Waals surface area contributed by atoms with Crippen molar-refractivity contribution in [3.05, 3.63) is 41.2 Å². The molecule has 1 saturated heterocycles. The maximum atomic E-state index is 12.8. The second kappa shape index (κ2) is 9.43. The highest BCUT2D eigenvalue weighted by Gasteiger charge is 2.22. The predicted molar refractivity (Wildman–Crippen MR) is 127 cm³/mol. The first-order valence-electron chi connectivity index (χ1n) is 11.6. The number of aromatic nitrogens is 5. The molecule has 0 saturated carbocycles. The molecule has 1 aliphatic rings. The van der Waals surface area contributed by atoms with Crippen LogP contribution in [0.15, 0.2) is 18.6 Å². The SMILES string of the molecule is CCn1ncc2c(NC3CCOCC3)c(CNC(=O)c3cnc(C(C)(C)C)nc3)c(C)nc21. The van der Waals surface area contributed by atoms with Crippen LogP contribution in [0.5, 0.6) is 0 Å². The molecular formula is C24H33N7O2. The molecule has 9 nitrogen and oxygen atoms in total. The van der Waals surface area contributed by atoms with Gasteiger partial charge in [0.2, 0.25) is 0 Å². The lowest BCUT2D eigenvalue weighted by molar-refractivity contribution is 0.0904. The summed E-state index contributed by atoms with van der Waals surface area (Å²) in [5.41, 5.74) is 3.94. The number of anilines is 1. The third-order valence-corrected chi connectivity index (χ3v) is 5.97. The van der Waals surface area contributed by atoms with Crippen LogP contribution in [-0.2, 0) is 23.2 Å². The van der Waals surface area contributed by atoms with Crippen LogP contribution in [-0.4, -0.2) is 49.9 Å². The van der Waals surface area contributed by atoms with E-state index in [0.29, 0.717) is 24.0 Å². The molecule has 3 aromatic rings. The first-order chi connectivity index (χ1) is 15.8. The minimum atomic E-state index is -0.212. The van der Waals surface area contributed by atoms with Crippen molar-refractivity contribution in [3.8, 4) is 0 Å². The van der Waals surface area contributed by atoms with E-state index >= 15 is 0 Å². The monoisotopic (exact) mass is 451 g/mol. The second-order valence-electron chi connectivity index (χ2n) is 9.51. The molecule has 4 heterocycles. The highest BCUT2D eigenvalue weighted by molar-refractivity contribution is 5.94. The number of fused-ring (bicyclic) bond motifs is 1. The average molecular weight is 452 g/mol. The van der Waals surface area contributed by atoms with E-state index in [0.717, 1.165) is 60.6 Å². The Bertz CT molecular complexity index is 1130. The summed E-state index contributed by atoms with van der Waals surface area (Å²) in [6, 6.07) is 0.307. The van der Waals surface area contributed by atoms with Gasteiger partial charge in [-0.25, -0.2) is 19.6 Å². The smallest absolute Gasteiger partial charge is 0.254 e. The molecule has 176 valence electrons. The molecule has 9 heteroatoms. The number of hydrogen-bond donors (Lipinski definition) is 2. The summed E-state index contributed by atoms with van der Waals surface area (Å²) in [7, 11) is 0. The van der Waals surface area contributed by atoms with Crippen molar-refractivity contribution in [1.82, 2.24) is 30.0 Å². The maximum absolute atomic E-state index is 12.8. The molecule has 0 aromatic carbocycles. The lowest BCUT2D eigenvalue weighted by atomic mass is 9.96. The molecule has 0 radical (unpaired) electrons. The fourth-order valence-electron chi connectivity index (χ4n) is 4.00. The van der Waals surface area contributed by atoms with Gasteiger partial charge in [-0.2, -0.15) is 5.10 Å². The van der Waals surface area contributed by atoms with Crippen molar-refractivity contribution in [2.24, 2.45) is 0 Å². The van der Waals surface area contributed by atoms with Gasteiger partial charge in [0.15, 0.2) is 5.65 Å². The number of ether oxygens (including phenoxy) is 1. The van der Waals surface area contributed by atoms with Crippen molar-refractivity contribution in [3.63, 3.8) is 0 Å². The highest BCUT2D eigenvalue weighted by Crippen LogP contribution is 2.30. The van der Waals surface area contributed by atoms with E-state index in [1.165, 1.54) is 0 Å². The standard InChI is InChI=1S/C24H33N7O2/c1-6-31-21-19(14-28-31)20(30-17-7-9-33-10-8-17)18(15(2)29-21)13-25-22(32)16-11-26-23(27-12-16)24(3,4)5/h11-12,14,17H,6-10,13H2,1-5H3,(H,25,32)(H,29,30). The third kappa shape index (κ3) is 4.98. The summed E-state index contributed by atoms with van der Waals surface area (Å²) in [4.78, 5) is 26.4. The van der Waals surface area contributed by atoms with Gasteiger partial charge in [-0.05, 0) is 26.7 Å². The Morgan fingerprint density at radius 3 is 2.52 bits per heavy atom. The maximum Gasteiger partial charge on any atom is 0.254 e. The topological polar surface area (TPSA) is 107 Å². The molecule has 1 aliphatic heterocycles. The first kappa shape index (κ1) is 23.1. The van der Waals surface area contributed by atoms with E-state index in [4.69, 9.17) is 9.72 Å². The van der Waals surface area contributed by atoms with Crippen LogP contribution in [0.25, 0.3) is 11.0 Å². The zero-order valence-corrected chi connectivity index (χ0v) is 20.1. The van der Waals surface area contributed by atoms with Crippen LogP contribution in [0.4, 0.5) is 5.69 Å². The van der Waals surface area contributed by atoms with Gasteiger partial charge in [0, 0.05) is 61.4 Å². The number of amides is 1. The lowest BCUT2D eigenvalue weighted by Gasteiger charge is -2.26. The number of carbonyl (C=O) groups excluding carboxylic acids is 1. The molecule has 1 fully saturated rings. The Hall–Kier alpha value is -3.07. The number of rotatable bonds is 6. The number of carbonyl (C=O) groups is 1. The van der Waals surface area contributed by atoms with Crippen molar-refractivity contribution in [1.29, 1.82) is 0 Å². The third-order valence-electron chi connectivity index (χ3n) is 5.97. The molecule has 1 amide bonds. The van der Waals surface area contributed by atoms with Crippen molar-refractivity contribution in [2.75, 3.05) is 18.5 Å². The molecular weight excluding hydrogens is 418 g/mol. The summed E-state index contributed by atoms with van der Waals surface area (Å²) in [5, 5.41) is 12.2. The van der Waals surface area contributed by atoms with E-state index < -0.39 is 0 Å². The fraction of sp³-hybridized carbons (Fsp3) is 0.542. The van der Waals surface area contributed by atoms with Crippen LogP contribution < -0.4 is 10.6 Å². The molecule has 0 spiro atoms. The normalized spacial score (nSPS) is 15.1. The van der Waals surface area contributed by atoms with Crippen LogP contribution in [0.2, 0.25) is 0 Å². The van der Waals surface area contributed by atoms with Crippen molar-refractivity contribution < 1.29 is 9.53 Å². The molecule has 33 heavy (non-hydrogen) atoms. The molecule has 4 rings (SSSR count). The van der Waals surface area contributed by atoms with Crippen LogP contribution in [0.3, 0.4) is 0 Å². The Labute approximate surface area is 194 Å². The van der Waals surface area contributed by atoms with Crippen molar-refractivity contribution in [2.45, 2.75) is 72.0 Å². The first-order valence-corrected chi connectivity index (χ1v) is 11.6. The summed E-state index contributed by atoms with van der Waals surface area (Å²) in [5.74, 6) is 0.497. The Balaban J connectivity index is 1.60. The minimum absolute atomic E-state index is 0.166. The predicted octanol–water partition coefficient (Wildman–Crippen LogP) is 3.37. The molecule has 0 atom stereocenters. The molecule has 2 N–H and O–H groups in total. The van der Waals surface area contributed by atoms with Crippen LogP contribution >= 0.6 is 0 Å². The number of nitrogens with one attached hydrogen (secondary N) is 2. The van der Waals surface area contributed by atoms with Gasteiger partial charge in [0.25, 0.3) is 5.91 Å². The van der Waals surface area contributed by atoms with Crippen LogP contribution in [0.1, 0.15) is 68.0 Å². The Morgan fingerprint density at radius 1 is 1.18 bits per heavy atom.